The fraction of sp³-hybridized carbons (Fsp3) is 0.222. The molecule has 0 aliphatic heterocycles. The number of rotatable bonds is 6. The van der Waals surface area contributed by atoms with Crippen LogP contribution in [0.15, 0.2) is 48.5 Å². The molecule has 0 bridgehead atoms. The van der Waals surface area contributed by atoms with Gasteiger partial charge < -0.3 is 20.3 Å². The number of nitrogens with one attached hydrogen (secondary N) is 1. The molecule has 0 saturated carbocycles. The van der Waals surface area contributed by atoms with Crippen molar-refractivity contribution < 1.29 is 28.9 Å². The van der Waals surface area contributed by atoms with Gasteiger partial charge in [-0.3, -0.25) is 0 Å². The minimum atomic E-state index is -1.82. The molecular formula is C18H20FNO5. The molecular weight excluding hydrogens is 329 g/mol. The summed E-state index contributed by atoms with van der Waals surface area (Å²) in [5.74, 6) is -2.96. The van der Waals surface area contributed by atoms with E-state index >= 15 is 0 Å². The smallest absolute Gasteiger partial charge is 0.414 e. The average Bonchev–Trinajstić information content (AvgIpc) is 2.60. The maximum atomic E-state index is 13.0. The number of halogens is 1. The summed E-state index contributed by atoms with van der Waals surface area (Å²) in [6.45, 7) is 1.55. The van der Waals surface area contributed by atoms with Crippen molar-refractivity contribution >= 4 is 11.9 Å². The molecule has 25 heavy (non-hydrogen) atoms. The van der Waals surface area contributed by atoms with Crippen molar-refractivity contribution in [2.75, 3.05) is 13.7 Å². The minimum Gasteiger partial charge on any atom is -0.497 e. The first-order valence-corrected chi connectivity index (χ1v) is 7.46. The highest BCUT2D eigenvalue weighted by Gasteiger charge is 2.04. The lowest BCUT2D eigenvalue weighted by molar-refractivity contribution is -0.159. The summed E-state index contributed by atoms with van der Waals surface area (Å²) < 4.78 is 18.1. The van der Waals surface area contributed by atoms with Crippen LogP contribution in [-0.2, 0) is 22.6 Å². The molecule has 2 aromatic rings. The number of hydrogen-bond donors (Lipinski definition) is 3. The number of methoxy groups -OCH3 is 1. The Labute approximate surface area is 144 Å². The van der Waals surface area contributed by atoms with Gasteiger partial charge in [-0.15, -0.1) is 0 Å². The first kappa shape index (κ1) is 20.1. The largest absolute Gasteiger partial charge is 0.497 e. The Morgan fingerprint density at radius 2 is 1.68 bits per heavy atom. The molecule has 0 radical (unpaired) electrons. The second-order valence-corrected chi connectivity index (χ2v) is 5.02. The van der Waals surface area contributed by atoms with E-state index in [0.717, 1.165) is 24.3 Å². The Morgan fingerprint density at radius 3 is 2.20 bits per heavy atom. The summed E-state index contributed by atoms with van der Waals surface area (Å²) in [6.07, 6.45) is 0.944. The third-order valence-electron chi connectivity index (χ3n) is 3.15. The number of ether oxygens (including phenoxy) is 1. The number of carboxylic acid groups (broad SMARTS) is 2. The second kappa shape index (κ2) is 10.8. The van der Waals surface area contributed by atoms with E-state index in [1.165, 1.54) is 11.6 Å². The van der Waals surface area contributed by atoms with Crippen molar-refractivity contribution in [1.29, 1.82) is 0 Å². The normalized spacial score (nSPS) is 9.68. The molecule has 0 atom stereocenters. The maximum absolute atomic E-state index is 13.0. The molecule has 0 aromatic heterocycles. The van der Waals surface area contributed by atoms with Crippen LogP contribution < -0.4 is 10.1 Å². The van der Waals surface area contributed by atoms with E-state index in [-0.39, 0.29) is 5.82 Å². The zero-order valence-electron chi connectivity index (χ0n) is 13.7. The molecule has 0 spiro atoms. The first-order valence-electron chi connectivity index (χ1n) is 7.46. The summed E-state index contributed by atoms with van der Waals surface area (Å²) >= 11 is 0. The molecule has 3 N–H and O–H groups in total. The predicted molar refractivity (Wildman–Crippen MR) is 90.1 cm³/mol. The molecule has 6 nitrogen and oxygen atoms in total. The van der Waals surface area contributed by atoms with Gasteiger partial charge in [-0.05, 0) is 48.4 Å². The number of aliphatic carboxylic acids is 2. The molecule has 0 amide bonds. The van der Waals surface area contributed by atoms with Crippen molar-refractivity contribution in [2.45, 2.75) is 13.0 Å². The van der Waals surface area contributed by atoms with Crippen LogP contribution in [0.4, 0.5) is 4.39 Å². The summed E-state index contributed by atoms with van der Waals surface area (Å²) in [5.41, 5.74) is 2.22. The highest BCUT2D eigenvalue weighted by molar-refractivity contribution is 6.27. The van der Waals surface area contributed by atoms with Crippen LogP contribution in [0.25, 0.3) is 0 Å². The highest BCUT2D eigenvalue weighted by atomic mass is 19.1. The van der Waals surface area contributed by atoms with E-state index in [1.54, 1.807) is 19.2 Å². The topological polar surface area (TPSA) is 95.9 Å². The maximum Gasteiger partial charge on any atom is 0.414 e. The number of carboxylic acids is 2. The van der Waals surface area contributed by atoms with Gasteiger partial charge in [0.25, 0.3) is 0 Å². The molecule has 0 fully saturated rings. The van der Waals surface area contributed by atoms with Crippen molar-refractivity contribution in [3.8, 4) is 5.75 Å². The van der Waals surface area contributed by atoms with E-state index in [9.17, 15) is 4.39 Å². The number of carbonyl (C=O) groups is 2. The molecule has 0 aliphatic rings. The van der Waals surface area contributed by atoms with Crippen LogP contribution in [0.2, 0.25) is 0 Å². The molecule has 134 valence electrons. The predicted octanol–water partition coefficient (Wildman–Crippen LogP) is 2.32. The van der Waals surface area contributed by atoms with E-state index < -0.39 is 11.9 Å². The van der Waals surface area contributed by atoms with E-state index in [4.69, 9.17) is 24.5 Å². The molecule has 0 saturated heterocycles. The third-order valence-corrected chi connectivity index (χ3v) is 3.15. The van der Waals surface area contributed by atoms with Gasteiger partial charge in [0.05, 0.1) is 7.11 Å². The van der Waals surface area contributed by atoms with Crippen LogP contribution in [0, 0.1) is 5.82 Å². The van der Waals surface area contributed by atoms with Crippen molar-refractivity contribution in [1.82, 2.24) is 5.32 Å². The molecule has 7 heteroatoms. The van der Waals surface area contributed by atoms with Crippen molar-refractivity contribution in [2.24, 2.45) is 0 Å². The van der Waals surface area contributed by atoms with Gasteiger partial charge in [-0.25, -0.2) is 14.0 Å². The Morgan fingerprint density at radius 1 is 1.04 bits per heavy atom. The highest BCUT2D eigenvalue weighted by Crippen LogP contribution is 2.11. The van der Waals surface area contributed by atoms with Gasteiger partial charge in [0.15, 0.2) is 0 Å². The van der Waals surface area contributed by atoms with Crippen molar-refractivity contribution in [3.63, 3.8) is 0 Å². The Hall–Kier alpha value is -2.93. The lowest BCUT2D eigenvalue weighted by Gasteiger charge is -2.06. The average molecular weight is 349 g/mol. The quantitative estimate of drug-likeness (QED) is 0.547. The third kappa shape index (κ3) is 8.47. The molecule has 0 aliphatic carbocycles. The fourth-order valence-electron chi connectivity index (χ4n) is 1.90. The molecule has 0 unspecified atom stereocenters. The lowest BCUT2D eigenvalue weighted by atomic mass is 10.1. The summed E-state index contributed by atoms with van der Waals surface area (Å²) in [6, 6.07) is 14.7. The van der Waals surface area contributed by atoms with E-state index in [0.29, 0.717) is 6.54 Å². The van der Waals surface area contributed by atoms with Gasteiger partial charge in [0, 0.05) is 6.54 Å². The number of benzene rings is 2. The van der Waals surface area contributed by atoms with Gasteiger partial charge >= 0.3 is 11.9 Å². The zero-order chi connectivity index (χ0) is 18.7. The summed E-state index contributed by atoms with van der Waals surface area (Å²) in [4.78, 5) is 18.2. The fourth-order valence-corrected chi connectivity index (χ4v) is 1.90. The molecule has 2 rings (SSSR count). The second-order valence-electron chi connectivity index (χ2n) is 5.02. The summed E-state index contributed by atoms with van der Waals surface area (Å²) in [7, 11) is 1.66. The molecule has 0 heterocycles. The Balaban J connectivity index is 0.000000450. The zero-order valence-corrected chi connectivity index (χ0v) is 13.7. The molecule has 2 aromatic carbocycles. The Kier molecular flexibility index (Phi) is 8.67. The van der Waals surface area contributed by atoms with E-state index in [2.05, 4.69) is 17.4 Å². The van der Waals surface area contributed by atoms with E-state index in [1.807, 2.05) is 18.2 Å². The van der Waals surface area contributed by atoms with Gasteiger partial charge in [-0.1, -0.05) is 24.3 Å². The van der Waals surface area contributed by atoms with Gasteiger partial charge in [0.1, 0.15) is 11.6 Å². The monoisotopic (exact) mass is 349 g/mol. The first-order chi connectivity index (χ1) is 11.9. The van der Waals surface area contributed by atoms with Gasteiger partial charge in [-0.2, -0.15) is 0 Å². The lowest BCUT2D eigenvalue weighted by Crippen LogP contribution is -2.16. The van der Waals surface area contributed by atoms with Crippen molar-refractivity contribution in [3.05, 3.63) is 65.5 Å². The number of hydrogen-bond acceptors (Lipinski definition) is 4. The van der Waals surface area contributed by atoms with Crippen LogP contribution in [0.1, 0.15) is 11.1 Å². The Bertz CT molecular complexity index is 676. The minimum absolute atomic E-state index is 0.186. The van der Waals surface area contributed by atoms with Crippen LogP contribution in [0.5, 0.6) is 5.75 Å². The van der Waals surface area contributed by atoms with Crippen LogP contribution in [0.3, 0.4) is 0 Å². The van der Waals surface area contributed by atoms with Crippen LogP contribution in [-0.4, -0.2) is 35.8 Å². The van der Waals surface area contributed by atoms with Crippen LogP contribution >= 0.6 is 0 Å². The SMILES string of the molecule is COc1ccc(CCNCc2cccc(F)c2)cc1.O=C(O)C(=O)O. The summed E-state index contributed by atoms with van der Waals surface area (Å²) in [5, 5.41) is 18.1. The standard InChI is InChI=1S/C16H18FNO.C2H2O4/c1-19-16-7-5-13(6-8-16)9-10-18-12-14-3-2-4-15(17)11-14;3-1(4)2(5)6/h2-8,11,18H,9-10,12H2,1H3;(H,3,4)(H,5,6). The van der Waals surface area contributed by atoms with Gasteiger partial charge in [0.2, 0.25) is 0 Å².